The molecule has 0 saturated heterocycles. The topological polar surface area (TPSA) is 35.5 Å². The van der Waals surface area contributed by atoms with Gasteiger partial charge in [0.2, 0.25) is 0 Å². The Morgan fingerprint density at radius 3 is 2.67 bits per heavy atom. The lowest BCUT2D eigenvalue weighted by atomic mass is 10.1. The van der Waals surface area contributed by atoms with Crippen LogP contribution in [0.25, 0.3) is 0 Å². The van der Waals surface area contributed by atoms with E-state index in [9.17, 15) is 4.79 Å². The van der Waals surface area contributed by atoms with Crippen molar-refractivity contribution >= 4 is 21.7 Å². The van der Waals surface area contributed by atoms with Gasteiger partial charge in [-0.1, -0.05) is 28.9 Å². The molecular weight excluding hydrogens is 296 g/mol. The zero-order chi connectivity index (χ0) is 13.5. The molecule has 0 spiro atoms. The van der Waals surface area contributed by atoms with Crippen LogP contribution in [0.2, 0.25) is 0 Å². The first-order valence-electron chi connectivity index (χ1n) is 6.02. The Bertz CT molecular complexity index is 404. The third-order valence-corrected chi connectivity index (χ3v) is 3.51. The van der Waals surface area contributed by atoms with Crippen LogP contribution in [-0.2, 0) is 11.2 Å². The molecule has 0 aliphatic heterocycles. The number of halogens is 1. The number of alkyl halides is 1. The van der Waals surface area contributed by atoms with Gasteiger partial charge in [0.25, 0.3) is 0 Å². The molecule has 0 aliphatic carbocycles. The molecule has 1 atom stereocenters. The fourth-order valence-corrected chi connectivity index (χ4v) is 1.90. The summed E-state index contributed by atoms with van der Waals surface area (Å²) >= 11 is 3.37. The Labute approximate surface area is 117 Å². The Hall–Kier alpha value is -1.03. The van der Waals surface area contributed by atoms with Crippen molar-refractivity contribution in [2.45, 2.75) is 31.5 Å². The van der Waals surface area contributed by atoms with Gasteiger partial charge in [0, 0.05) is 0 Å². The van der Waals surface area contributed by atoms with E-state index >= 15 is 0 Å². The average Bonchev–Trinajstić information content (AvgIpc) is 2.36. The van der Waals surface area contributed by atoms with Crippen molar-refractivity contribution in [3.8, 4) is 11.5 Å². The minimum absolute atomic E-state index is 0.127. The first-order chi connectivity index (χ1) is 8.58. The van der Waals surface area contributed by atoms with Crippen molar-refractivity contribution in [1.82, 2.24) is 0 Å². The van der Waals surface area contributed by atoms with E-state index in [2.05, 4.69) is 22.9 Å². The minimum Gasteiger partial charge on any atom is -0.493 e. The summed E-state index contributed by atoms with van der Waals surface area (Å²) < 4.78 is 10.9. The van der Waals surface area contributed by atoms with E-state index in [1.165, 1.54) is 0 Å². The lowest BCUT2D eigenvalue weighted by Gasteiger charge is -2.12. The molecule has 0 saturated carbocycles. The van der Waals surface area contributed by atoms with Gasteiger partial charge in [0.15, 0.2) is 11.5 Å². The van der Waals surface area contributed by atoms with E-state index < -0.39 is 0 Å². The Balaban J connectivity index is 2.84. The summed E-state index contributed by atoms with van der Waals surface area (Å²) in [7, 11) is 1.62. The molecule has 0 heterocycles. The molecule has 0 fully saturated rings. The highest BCUT2D eigenvalue weighted by Crippen LogP contribution is 2.29. The molecular formula is C14H19BrO3. The zero-order valence-corrected chi connectivity index (χ0v) is 12.6. The maximum Gasteiger partial charge on any atom is 0.161 e. The normalized spacial score (nSPS) is 12.0. The van der Waals surface area contributed by atoms with Crippen molar-refractivity contribution in [3.63, 3.8) is 0 Å². The third kappa shape index (κ3) is 4.33. The highest BCUT2D eigenvalue weighted by atomic mass is 79.9. The summed E-state index contributed by atoms with van der Waals surface area (Å²) in [4.78, 5) is 11.1. The number of ether oxygens (including phenoxy) is 2. The summed E-state index contributed by atoms with van der Waals surface area (Å²) in [5.74, 6) is 1.59. The summed E-state index contributed by atoms with van der Waals surface area (Å²) in [6.07, 6.45) is 1.60. The van der Waals surface area contributed by atoms with E-state index in [0.29, 0.717) is 13.0 Å². The second-order valence-electron chi connectivity index (χ2n) is 4.12. The molecule has 4 heteroatoms. The SMILES string of the molecule is CCCOc1cc(CC(Br)C(C)=O)ccc1OC. The molecule has 100 valence electrons. The fraction of sp³-hybridized carbons (Fsp3) is 0.500. The van der Waals surface area contributed by atoms with Crippen molar-refractivity contribution in [2.24, 2.45) is 0 Å². The average molecular weight is 315 g/mol. The van der Waals surface area contributed by atoms with Crippen molar-refractivity contribution in [2.75, 3.05) is 13.7 Å². The maximum absolute atomic E-state index is 11.2. The number of carbonyl (C=O) groups excluding carboxylic acids is 1. The number of carbonyl (C=O) groups is 1. The van der Waals surface area contributed by atoms with Gasteiger partial charge in [0.05, 0.1) is 18.5 Å². The van der Waals surface area contributed by atoms with Crippen LogP contribution in [0.1, 0.15) is 25.8 Å². The van der Waals surface area contributed by atoms with Crippen molar-refractivity contribution in [3.05, 3.63) is 23.8 Å². The largest absolute Gasteiger partial charge is 0.493 e. The van der Waals surface area contributed by atoms with Crippen LogP contribution in [-0.4, -0.2) is 24.3 Å². The Kier molecular flexibility index (Phi) is 6.19. The highest BCUT2D eigenvalue weighted by Gasteiger charge is 2.12. The molecule has 1 unspecified atom stereocenters. The zero-order valence-electron chi connectivity index (χ0n) is 11.0. The van der Waals surface area contributed by atoms with E-state index in [-0.39, 0.29) is 10.6 Å². The molecule has 18 heavy (non-hydrogen) atoms. The number of Topliss-reactive ketones (excluding diaryl/α,β-unsaturated/α-hetero) is 1. The predicted octanol–water partition coefficient (Wildman–Crippen LogP) is 3.38. The number of rotatable bonds is 7. The molecule has 0 bridgehead atoms. The molecule has 0 N–H and O–H groups in total. The Morgan fingerprint density at radius 1 is 1.39 bits per heavy atom. The van der Waals surface area contributed by atoms with Crippen LogP contribution in [0.3, 0.4) is 0 Å². The highest BCUT2D eigenvalue weighted by molar-refractivity contribution is 9.10. The van der Waals surface area contributed by atoms with Gasteiger partial charge in [-0.25, -0.2) is 0 Å². The lowest BCUT2D eigenvalue weighted by Crippen LogP contribution is -2.12. The maximum atomic E-state index is 11.2. The van der Waals surface area contributed by atoms with Crippen molar-refractivity contribution in [1.29, 1.82) is 0 Å². The van der Waals surface area contributed by atoms with Gasteiger partial charge in [-0.05, 0) is 37.5 Å². The summed E-state index contributed by atoms with van der Waals surface area (Å²) in [6.45, 7) is 4.29. The molecule has 1 aromatic rings. The second kappa shape index (κ2) is 7.41. The first-order valence-corrected chi connectivity index (χ1v) is 6.94. The molecule has 0 aliphatic rings. The monoisotopic (exact) mass is 314 g/mol. The van der Waals surface area contributed by atoms with Crippen LogP contribution in [0.4, 0.5) is 0 Å². The van der Waals surface area contributed by atoms with E-state index in [1.807, 2.05) is 18.2 Å². The summed E-state index contributed by atoms with van der Waals surface area (Å²) in [5.41, 5.74) is 1.05. The third-order valence-electron chi connectivity index (χ3n) is 2.55. The number of methoxy groups -OCH3 is 1. The summed E-state index contributed by atoms with van der Waals surface area (Å²) in [6, 6.07) is 5.76. The molecule has 1 rings (SSSR count). The first kappa shape index (κ1) is 15.0. The van der Waals surface area contributed by atoms with Gasteiger partial charge in [0.1, 0.15) is 5.78 Å². The number of hydrogen-bond donors (Lipinski definition) is 0. The van der Waals surface area contributed by atoms with Crippen LogP contribution < -0.4 is 9.47 Å². The number of ketones is 1. The van der Waals surface area contributed by atoms with E-state index in [4.69, 9.17) is 9.47 Å². The van der Waals surface area contributed by atoms with Gasteiger partial charge in [-0.15, -0.1) is 0 Å². The molecule has 0 aromatic heterocycles. The van der Waals surface area contributed by atoms with Gasteiger partial charge in [-0.2, -0.15) is 0 Å². The predicted molar refractivity (Wildman–Crippen MR) is 75.9 cm³/mol. The van der Waals surface area contributed by atoms with Gasteiger partial charge < -0.3 is 9.47 Å². The van der Waals surface area contributed by atoms with E-state index in [0.717, 1.165) is 23.5 Å². The number of benzene rings is 1. The van der Waals surface area contributed by atoms with Crippen LogP contribution in [0, 0.1) is 0 Å². The van der Waals surface area contributed by atoms with Crippen LogP contribution in [0.5, 0.6) is 11.5 Å². The fourth-order valence-electron chi connectivity index (χ4n) is 1.52. The van der Waals surface area contributed by atoms with Gasteiger partial charge >= 0.3 is 0 Å². The Morgan fingerprint density at radius 2 is 2.11 bits per heavy atom. The molecule has 0 radical (unpaired) electrons. The van der Waals surface area contributed by atoms with E-state index in [1.54, 1.807) is 14.0 Å². The lowest BCUT2D eigenvalue weighted by molar-refractivity contribution is -0.116. The molecule has 3 nitrogen and oxygen atoms in total. The van der Waals surface area contributed by atoms with Crippen molar-refractivity contribution < 1.29 is 14.3 Å². The molecule has 0 amide bonds. The van der Waals surface area contributed by atoms with Gasteiger partial charge in [-0.3, -0.25) is 4.79 Å². The molecule has 1 aromatic carbocycles. The van der Waals surface area contributed by atoms with Crippen LogP contribution in [0.15, 0.2) is 18.2 Å². The number of hydrogen-bond acceptors (Lipinski definition) is 3. The quantitative estimate of drug-likeness (QED) is 0.724. The standard InChI is InChI=1S/C14H19BrO3/c1-4-7-18-14-9-11(5-6-13(14)17-3)8-12(15)10(2)16/h5-6,9,12H,4,7-8H2,1-3H3. The second-order valence-corrected chi connectivity index (χ2v) is 5.22. The smallest absolute Gasteiger partial charge is 0.161 e. The van der Waals surface area contributed by atoms with Crippen LogP contribution >= 0.6 is 15.9 Å². The summed E-state index contributed by atoms with van der Waals surface area (Å²) in [5, 5.41) is 0. The minimum atomic E-state index is -0.148.